The van der Waals surface area contributed by atoms with Crippen LogP contribution in [0.2, 0.25) is 5.02 Å². The van der Waals surface area contributed by atoms with Crippen molar-refractivity contribution in [2.75, 3.05) is 10.6 Å². The van der Waals surface area contributed by atoms with Gasteiger partial charge in [0.1, 0.15) is 5.82 Å². The van der Waals surface area contributed by atoms with Crippen LogP contribution in [0.5, 0.6) is 0 Å². The molecular weight excluding hydrogens is 468 g/mol. The summed E-state index contributed by atoms with van der Waals surface area (Å²) in [5.74, 6) is 0.151. The van der Waals surface area contributed by atoms with Gasteiger partial charge in [-0.2, -0.15) is 0 Å². The molecule has 1 aromatic carbocycles. The SMILES string of the molecule is CCn1c(CC(=O)Nc2ccc(C)c(Cl)c2)nnc1SC(C)C(=O)Nc1nc(C)c(C)s1. The van der Waals surface area contributed by atoms with Gasteiger partial charge >= 0.3 is 0 Å². The molecule has 3 rings (SSSR count). The quantitative estimate of drug-likeness (QED) is 0.444. The van der Waals surface area contributed by atoms with Gasteiger partial charge < -0.3 is 15.2 Å². The molecule has 3 aromatic rings. The molecule has 2 heterocycles. The molecule has 2 aromatic heterocycles. The Labute approximate surface area is 200 Å². The smallest absolute Gasteiger partial charge is 0.239 e. The molecule has 0 fully saturated rings. The fourth-order valence-electron chi connectivity index (χ4n) is 2.82. The minimum Gasteiger partial charge on any atom is -0.326 e. The van der Waals surface area contributed by atoms with Crippen LogP contribution in [-0.2, 0) is 22.6 Å². The van der Waals surface area contributed by atoms with Gasteiger partial charge in [-0.15, -0.1) is 21.5 Å². The van der Waals surface area contributed by atoms with Gasteiger partial charge in [-0.1, -0.05) is 29.4 Å². The van der Waals surface area contributed by atoms with E-state index in [9.17, 15) is 9.59 Å². The highest BCUT2D eigenvalue weighted by Crippen LogP contribution is 2.26. The molecule has 0 aliphatic carbocycles. The Balaban J connectivity index is 1.63. The first-order chi connectivity index (χ1) is 15.2. The summed E-state index contributed by atoms with van der Waals surface area (Å²) in [5.41, 5.74) is 2.48. The number of aryl methyl sites for hydroxylation is 3. The summed E-state index contributed by atoms with van der Waals surface area (Å²) in [5, 5.41) is 15.4. The van der Waals surface area contributed by atoms with Crippen LogP contribution in [0.3, 0.4) is 0 Å². The number of carbonyl (C=O) groups is 2. The maximum absolute atomic E-state index is 12.6. The summed E-state index contributed by atoms with van der Waals surface area (Å²) >= 11 is 8.87. The van der Waals surface area contributed by atoms with E-state index in [0.29, 0.717) is 33.4 Å². The third-order valence-electron chi connectivity index (χ3n) is 4.79. The van der Waals surface area contributed by atoms with E-state index >= 15 is 0 Å². The van der Waals surface area contributed by atoms with Crippen LogP contribution >= 0.6 is 34.7 Å². The molecule has 32 heavy (non-hydrogen) atoms. The molecule has 1 atom stereocenters. The molecule has 11 heteroatoms. The number of anilines is 2. The van der Waals surface area contributed by atoms with E-state index in [4.69, 9.17) is 11.6 Å². The highest BCUT2D eigenvalue weighted by molar-refractivity contribution is 8.00. The lowest BCUT2D eigenvalue weighted by molar-refractivity contribution is -0.116. The molecule has 0 saturated carbocycles. The topological polar surface area (TPSA) is 102 Å². The average Bonchev–Trinajstić information content (AvgIpc) is 3.26. The average molecular weight is 493 g/mol. The third-order valence-corrected chi connectivity index (χ3v) is 7.27. The lowest BCUT2D eigenvalue weighted by Gasteiger charge is -2.12. The fraction of sp³-hybridized carbons (Fsp3) is 0.381. The number of nitrogens with one attached hydrogen (secondary N) is 2. The molecule has 0 aliphatic heterocycles. The van der Waals surface area contributed by atoms with Crippen molar-refractivity contribution in [2.24, 2.45) is 0 Å². The van der Waals surface area contributed by atoms with Crippen molar-refractivity contribution >= 4 is 57.3 Å². The number of hydrogen-bond donors (Lipinski definition) is 2. The first kappa shape index (κ1) is 24.2. The second kappa shape index (κ2) is 10.5. The van der Waals surface area contributed by atoms with Crippen molar-refractivity contribution in [1.29, 1.82) is 0 Å². The predicted molar refractivity (Wildman–Crippen MR) is 130 cm³/mol. The van der Waals surface area contributed by atoms with E-state index in [1.165, 1.54) is 23.1 Å². The summed E-state index contributed by atoms with van der Waals surface area (Å²) in [6.07, 6.45) is 0.0607. The molecule has 2 N–H and O–H groups in total. The van der Waals surface area contributed by atoms with E-state index in [1.807, 2.05) is 38.3 Å². The van der Waals surface area contributed by atoms with Crippen LogP contribution in [0, 0.1) is 20.8 Å². The number of thioether (sulfide) groups is 1. The van der Waals surface area contributed by atoms with Crippen LogP contribution in [-0.4, -0.2) is 36.8 Å². The number of nitrogens with zero attached hydrogens (tertiary/aromatic N) is 4. The van der Waals surface area contributed by atoms with Gasteiger partial charge in [-0.25, -0.2) is 4.98 Å². The molecule has 0 radical (unpaired) electrons. The molecule has 8 nitrogen and oxygen atoms in total. The standard InChI is InChI=1S/C21H25ClN6O2S2/c1-6-28-17(10-18(29)24-15-8-7-11(2)16(22)9-15)26-27-21(28)32-14(5)19(30)25-20-23-12(3)13(4)31-20/h7-9,14H,6,10H2,1-5H3,(H,24,29)(H,23,25,30). The van der Waals surface area contributed by atoms with Crippen LogP contribution in [0.15, 0.2) is 23.4 Å². The summed E-state index contributed by atoms with van der Waals surface area (Å²) in [6.45, 7) is 10.1. The van der Waals surface area contributed by atoms with Crippen molar-refractivity contribution in [1.82, 2.24) is 19.7 Å². The lowest BCUT2D eigenvalue weighted by atomic mass is 10.2. The monoisotopic (exact) mass is 492 g/mol. The molecule has 0 spiro atoms. The second-order valence-corrected chi connectivity index (χ2v) is 10.2. The molecular formula is C21H25ClN6O2S2. The zero-order valence-corrected chi connectivity index (χ0v) is 20.9. The Morgan fingerprint density at radius 2 is 1.97 bits per heavy atom. The third kappa shape index (κ3) is 5.87. The normalized spacial score (nSPS) is 11.9. The Morgan fingerprint density at radius 1 is 1.22 bits per heavy atom. The van der Waals surface area contributed by atoms with Crippen LogP contribution in [0.4, 0.5) is 10.8 Å². The van der Waals surface area contributed by atoms with Gasteiger partial charge in [0.2, 0.25) is 11.8 Å². The van der Waals surface area contributed by atoms with Crippen molar-refractivity contribution in [3.8, 4) is 0 Å². The fourth-order valence-corrected chi connectivity index (χ4v) is 4.75. The van der Waals surface area contributed by atoms with E-state index < -0.39 is 5.25 Å². The largest absolute Gasteiger partial charge is 0.326 e. The minimum absolute atomic E-state index is 0.0607. The number of halogens is 1. The summed E-state index contributed by atoms with van der Waals surface area (Å²) in [6, 6.07) is 5.37. The molecule has 0 saturated heterocycles. The highest BCUT2D eigenvalue weighted by Gasteiger charge is 2.22. The van der Waals surface area contributed by atoms with Gasteiger partial charge in [0.15, 0.2) is 10.3 Å². The summed E-state index contributed by atoms with van der Waals surface area (Å²) < 4.78 is 1.84. The van der Waals surface area contributed by atoms with Gasteiger partial charge in [-0.05, 0) is 52.3 Å². The van der Waals surface area contributed by atoms with Gasteiger partial charge in [0.05, 0.1) is 17.4 Å². The lowest BCUT2D eigenvalue weighted by Crippen LogP contribution is -2.23. The number of amides is 2. The van der Waals surface area contributed by atoms with Crippen LogP contribution in [0.1, 0.15) is 35.8 Å². The second-order valence-electron chi connectivity index (χ2n) is 7.24. The number of rotatable bonds is 8. The van der Waals surface area contributed by atoms with Gasteiger partial charge in [0.25, 0.3) is 0 Å². The Kier molecular flexibility index (Phi) is 7.91. The number of benzene rings is 1. The number of carbonyl (C=O) groups excluding carboxylic acids is 2. The van der Waals surface area contributed by atoms with E-state index in [2.05, 4.69) is 25.8 Å². The van der Waals surface area contributed by atoms with Gasteiger partial charge in [-0.3, -0.25) is 9.59 Å². The Bertz CT molecular complexity index is 1120. The number of aromatic nitrogens is 4. The van der Waals surface area contributed by atoms with Gasteiger partial charge in [0, 0.05) is 22.1 Å². The molecule has 2 amide bonds. The molecule has 0 aliphatic rings. The predicted octanol–water partition coefficient (Wildman–Crippen LogP) is 4.63. The van der Waals surface area contributed by atoms with E-state index in [-0.39, 0.29) is 18.2 Å². The number of hydrogen-bond acceptors (Lipinski definition) is 7. The molecule has 170 valence electrons. The Morgan fingerprint density at radius 3 is 2.59 bits per heavy atom. The van der Waals surface area contributed by atoms with E-state index in [0.717, 1.165) is 16.1 Å². The first-order valence-corrected chi connectivity index (χ1v) is 12.1. The summed E-state index contributed by atoms with van der Waals surface area (Å²) in [7, 11) is 0. The Hall–Kier alpha value is -2.43. The molecule has 0 bridgehead atoms. The highest BCUT2D eigenvalue weighted by atomic mass is 35.5. The van der Waals surface area contributed by atoms with Crippen molar-refractivity contribution < 1.29 is 9.59 Å². The zero-order chi connectivity index (χ0) is 23.4. The summed E-state index contributed by atoms with van der Waals surface area (Å²) in [4.78, 5) is 30.5. The maximum Gasteiger partial charge on any atom is 0.239 e. The zero-order valence-electron chi connectivity index (χ0n) is 18.5. The minimum atomic E-state index is -0.412. The molecule has 1 unspecified atom stereocenters. The number of thiazole rings is 1. The first-order valence-electron chi connectivity index (χ1n) is 10.1. The van der Waals surface area contributed by atoms with Crippen molar-refractivity contribution in [3.63, 3.8) is 0 Å². The van der Waals surface area contributed by atoms with E-state index in [1.54, 1.807) is 19.1 Å². The van der Waals surface area contributed by atoms with Crippen molar-refractivity contribution in [2.45, 2.75) is 58.0 Å². The van der Waals surface area contributed by atoms with Crippen LogP contribution < -0.4 is 10.6 Å². The maximum atomic E-state index is 12.6. The van der Waals surface area contributed by atoms with Crippen LogP contribution in [0.25, 0.3) is 0 Å². The van der Waals surface area contributed by atoms with Crippen molar-refractivity contribution in [3.05, 3.63) is 45.2 Å².